The first-order valence-corrected chi connectivity index (χ1v) is 8.01. The fourth-order valence-corrected chi connectivity index (χ4v) is 3.17. The zero-order chi connectivity index (χ0) is 14.0. The number of aryl methyl sites for hydroxylation is 1. The summed E-state index contributed by atoms with van der Waals surface area (Å²) in [5, 5.41) is 3.48. The molecule has 1 fully saturated rings. The fraction of sp³-hybridized carbons (Fsp3) is 0.750. The number of fused-ring (bicyclic) bond motifs is 1. The Hall–Kier alpha value is -1.16. The third kappa shape index (κ3) is 2.53. The molecule has 0 amide bonds. The van der Waals surface area contributed by atoms with Crippen molar-refractivity contribution >= 4 is 5.82 Å². The van der Waals surface area contributed by atoms with Crippen LogP contribution in [0, 0.1) is 0 Å². The number of nitrogens with one attached hydrogen (secondary N) is 1. The standard InChI is InChI=1S/C16H25N3O/c1-3-10-17-14-12-7-6-8-13(12)18-15(19-14)16(2)9-4-5-11-20-16/h3-11H2,1-2H3,(H,17,18,19). The molecular weight excluding hydrogens is 250 g/mol. The maximum absolute atomic E-state index is 6.02. The lowest BCUT2D eigenvalue weighted by Gasteiger charge is -2.33. The molecule has 0 radical (unpaired) electrons. The summed E-state index contributed by atoms with van der Waals surface area (Å²) in [5.41, 5.74) is 2.28. The number of ether oxygens (including phenoxy) is 1. The molecule has 1 aromatic heterocycles. The Bertz CT molecular complexity index is 481. The van der Waals surface area contributed by atoms with Crippen LogP contribution in [0.2, 0.25) is 0 Å². The minimum absolute atomic E-state index is 0.293. The first-order chi connectivity index (χ1) is 9.73. The van der Waals surface area contributed by atoms with Crippen LogP contribution in [0.1, 0.15) is 63.0 Å². The predicted octanol–water partition coefficient (Wildman–Crippen LogP) is 3.20. The van der Waals surface area contributed by atoms with E-state index in [1.165, 1.54) is 24.1 Å². The molecule has 2 aliphatic rings. The lowest BCUT2D eigenvalue weighted by molar-refractivity contribution is -0.0760. The molecule has 1 aromatic rings. The summed E-state index contributed by atoms with van der Waals surface area (Å²) in [6, 6.07) is 0. The van der Waals surface area contributed by atoms with Crippen LogP contribution in [0.3, 0.4) is 0 Å². The number of nitrogens with zero attached hydrogens (tertiary/aromatic N) is 2. The molecule has 0 bridgehead atoms. The second-order valence-corrected chi connectivity index (χ2v) is 6.14. The van der Waals surface area contributed by atoms with Crippen LogP contribution in [0.15, 0.2) is 0 Å². The van der Waals surface area contributed by atoms with E-state index in [-0.39, 0.29) is 5.60 Å². The van der Waals surface area contributed by atoms with Crippen molar-refractivity contribution in [1.82, 2.24) is 9.97 Å². The molecule has 0 aromatic carbocycles. The van der Waals surface area contributed by atoms with Gasteiger partial charge in [-0.2, -0.15) is 0 Å². The first kappa shape index (κ1) is 13.8. The third-order valence-corrected chi connectivity index (χ3v) is 4.42. The van der Waals surface area contributed by atoms with Crippen LogP contribution in [-0.4, -0.2) is 23.1 Å². The van der Waals surface area contributed by atoms with E-state index in [1.54, 1.807) is 0 Å². The lowest BCUT2D eigenvalue weighted by atomic mass is 9.95. The Kier molecular flexibility index (Phi) is 3.92. The van der Waals surface area contributed by atoms with E-state index in [9.17, 15) is 0 Å². The summed E-state index contributed by atoms with van der Waals surface area (Å²) >= 11 is 0. The smallest absolute Gasteiger partial charge is 0.162 e. The summed E-state index contributed by atoms with van der Waals surface area (Å²) in [5.74, 6) is 1.94. The van der Waals surface area contributed by atoms with E-state index >= 15 is 0 Å². The third-order valence-electron chi connectivity index (χ3n) is 4.42. The Labute approximate surface area is 121 Å². The highest BCUT2D eigenvalue weighted by Crippen LogP contribution is 2.35. The van der Waals surface area contributed by atoms with Crippen molar-refractivity contribution in [2.45, 2.75) is 64.4 Å². The number of hydrogen-bond donors (Lipinski definition) is 1. The molecule has 1 N–H and O–H groups in total. The highest BCUT2D eigenvalue weighted by Gasteiger charge is 2.34. The van der Waals surface area contributed by atoms with Crippen molar-refractivity contribution in [3.8, 4) is 0 Å². The van der Waals surface area contributed by atoms with Gasteiger partial charge in [0.1, 0.15) is 11.4 Å². The van der Waals surface area contributed by atoms with Crippen LogP contribution in [0.4, 0.5) is 5.82 Å². The zero-order valence-electron chi connectivity index (χ0n) is 12.7. The number of rotatable bonds is 4. The summed E-state index contributed by atoms with van der Waals surface area (Å²) < 4.78 is 6.02. The van der Waals surface area contributed by atoms with Gasteiger partial charge in [0.25, 0.3) is 0 Å². The van der Waals surface area contributed by atoms with E-state index < -0.39 is 0 Å². The summed E-state index contributed by atoms with van der Waals surface area (Å²) in [6.45, 7) is 6.13. The molecule has 110 valence electrons. The molecule has 1 atom stereocenters. The molecule has 2 heterocycles. The minimum atomic E-state index is -0.293. The van der Waals surface area contributed by atoms with Gasteiger partial charge in [-0.3, -0.25) is 0 Å². The maximum Gasteiger partial charge on any atom is 0.162 e. The molecule has 1 unspecified atom stereocenters. The van der Waals surface area contributed by atoms with Gasteiger partial charge in [0.2, 0.25) is 0 Å². The average Bonchev–Trinajstić information content (AvgIpc) is 2.94. The van der Waals surface area contributed by atoms with Crippen LogP contribution >= 0.6 is 0 Å². The zero-order valence-corrected chi connectivity index (χ0v) is 12.7. The highest BCUT2D eigenvalue weighted by atomic mass is 16.5. The van der Waals surface area contributed by atoms with E-state index in [4.69, 9.17) is 14.7 Å². The molecule has 1 aliphatic carbocycles. The first-order valence-electron chi connectivity index (χ1n) is 8.01. The highest BCUT2D eigenvalue weighted by molar-refractivity contribution is 5.49. The van der Waals surface area contributed by atoms with Crippen molar-refractivity contribution in [1.29, 1.82) is 0 Å². The molecular formula is C16H25N3O. The van der Waals surface area contributed by atoms with E-state index in [2.05, 4.69) is 19.2 Å². The number of hydrogen-bond acceptors (Lipinski definition) is 4. The van der Waals surface area contributed by atoms with E-state index in [0.717, 1.165) is 56.9 Å². The monoisotopic (exact) mass is 275 g/mol. The SMILES string of the molecule is CCCNc1nc(C2(C)CCCCO2)nc2c1CCC2. The summed E-state index contributed by atoms with van der Waals surface area (Å²) in [6.07, 6.45) is 7.89. The van der Waals surface area contributed by atoms with Crippen LogP contribution in [0.25, 0.3) is 0 Å². The van der Waals surface area contributed by atoms with Gasteiger partial charge in [-0.1, -0.05) is 6.92 Å². The normalized spacial score (nSPS) is 25.5. The Morgan fingerprint density at radius 2 is 2.10 bits per heavy atom. The van der Waals surface area contributed by atoms with Crippen molar-refractivity contribution in [3.05, 3.63) is 17.1 Å². The van der Waals surface area contributed by atoms with Crippen LogP contribution in [-0.2, 0) is 23.2 Å². The second-order valence-electron chi connectivity index (χ2n) is 6.14. The van der Waals surface area contributed by atoms with E-state index in [0.29, 0.717) is 0 Å². The van der Waals surface area contributed by atoms with Gasteiger partial charge in [-0.25, -0.2) is 9.97 Å². The molecule has 4 nitrogen and oxygen atoms in total. The van der Waals surface area contributed by atoms with Crippen molar-refractivity contribution < 1.29 is 4.74 Å². The lowest BCUT2D eigenvalue weighted by Crippen LogP contribution is -2.33. The van der Waals surface area contributed by atoms with Crippen molar-refractivity contribution in [2.75, 3.05) is 18.5 Å². The van der Waals surface area contributed by atoms with Gasteiger partial charge in [-0.05, 0) is 51.9 Å². The predicted molar refractivity (Wildman–Crippen MR) is 80.0 cm³/mol. The summed E-state index contributed by atoms with van der Waals surface area (Å²) in [4.78, 5) is 9.67. The molecule has 1 saturated heterocycles. The molecule has 3 rings (SSSR count). The van der Waals surface area contributed by atoms with Gasteiger partial charge in [0.05, 0.1) is 0 Å². The van der Waals surface area contributed by atoms with Crippen LogP contribution in [0.5, 0.6) is 0 Å². The van der Waals surface area contributed by atoms with Gasteiger partial charge in [0, 0.05) is 24.4 Å². The molecule has 1 aliphatic heterocycles. The van der Waals surface area contributed by atoms with E-state index in [1.807, 2.05) is 0 Å². The average molecular weight is 275 g/mol. The number of aromatic nitrogens is 2. The quantitative estimate of drug-likeness (QED) is 0.916. The summed E-state index contributed by atoms with van der Waals surface area (Å²) in [7, 11) is 0. The Balaban J connectivity index is 1.95. The Morgan fingerprint density at radius 3 is 2.85 bits per heavy atom. The van der Waals surface area contributed by atoms with Gasteiger partial charge < -0.3 is 10.1 Å². The molecule has 0 spiro atoms. The van der Waals surface area contributed by atoms with Crippen molar-refractivity contribution in [3.63, 3.8) is 0 Å². The second kappa shape index (κ2) is 5.68. The van der Waals surface area contributed by atoms with Crippen molar-refractivity contribution in [2.24, 2.45) is 0 Å². The largest absolute Gasteiger partial charge is 0.370 e. The van der Waals surface area contributed by atoms with Gasteiger partial charge in [-0.15, -0.1) is 0 Å². The topological polar surface area (TPSA) is 47.0 Å². The van der Waals surface area contributed by atoms with Crippen LogP contribution < -0.4 is 5.32 Å². The molecule has 4 heteroatoms. The molecule has 0 saturated carbocycles. The van der Waals surface area contributed by atoms with Gasteiger partial charge >= 0.3 is 0 Å². The minimum Gasteiger partial charge on any atom is -0.370 e. The maximum atomic E-state index is 6.02. The Morgan fingerprint density at radius 1 is 1.20 bits per heavy atom. The fourth-order valence-electron chi connectivity index (χ4n) is 3.17. The number of anilines is 1. The molecule has 20 heavy (non-hydrogen) atoms. The van der Waals surface area contributed by atoms with Gasteiger partial charge in [0.15, 0.2) is 5.82 Å².